The molecule has 0 N–H and O–H groups in total. The summed E-state index contributed by atoms with van der Waals surface area (Å²) in [4.78, 5) is 0. The lowest BCUT2D eigenvalue weighted by molar-refractivity contribution is 0.632. The van der Waals surface area contributed by atoms with Gasteiger partial charge >= 0.3 is 0 Å². The molecule has 1 heteroatoms. The SMILES string of the molecule is C=CCCc1ccc2c(F)c(C#Cc3ccc(CCc4ccc(CCCCCCC)cc4)cc3)ccc2c1. The monoisotopic (exact) mass is 502 g/mol. The first-order valence-electron chi connectivity index (χ1n) is 14.2. The van der Waals surface area contributed by atoms with Crippen molar-refractivity contribution in [1.82, 2.24) is 0 Å². The minimum atomic E-state index is -0.246. The molecule has 0 aliphatic rings. The average molecular weight is 503 g/mol. The topological polar surface area (TPSA) is 0 Å². The first-order valence-corrected chi connectivity index (χ1v) is 14.2. The fraction of sp³-hybridized carbons (Fsp3) is 0.297. The molecule has 0 amide bonds. The molecule has 0 bridgehead atoms. The van der Waals surface area contributed by atoms with Crippen molar-refractivity contribution in [3.63, 3.8) is 0 Å². The van der Waals surface area contributed by atoms with E-state index in [4.69, 9.17) is 0 Å². The number of fused-ring (bicyclic) bond motifs is 1. The van der Waals surface area contributed by atoms with Gasteiger partial charge in [-0.3, -0.25) is 0 Å². The molecule has 0 saturated carbocycles. The van der Waals surface area contributed by atoms with E-state index in [0.29, 0.717) is 10.9 Å². The Morgan fingerprint density at radius 2 is 1.29 bits per heavy atom. The Balaban J connectivity index is 1.31. The van der Waals surface area contributed by atoms with E-state index < -0.39 is 0 Å². The number of rotatable bonds is 12. The molecule has 4 aromatic rings. The van der Waals surface area contributed by atoms with Crippen LogP contribution >= 0.6 is 0 Å². The molecular weight excluding hydrogens is 463 g/mol. The van der Waals surface area contributed by atoms with Crippen molar-refractivity contribution in [2.75, 3.05) is 0 Å². The Labute approximate surface area is 228 Å². The zero-order valence-corrected chi connectivity index (χ0v) is 22.7. The van der Waals surface area contributed by atoms with Gasteiger partial charge in [-0.2, -0.15) is 0 Å². The largest absolute Gasteiger partial charge is 0.205 e. The second-order valence-corrected chi connectivity index (χ2v) is 10.2. The highest BCUT2D eigenvalue weighted by molar-refractivity contribution is 5.85. The molecule has 194 valence electrons. The van der Waals surface area contributed by atoms with Crippen LogP contribution in [0.1, 0.15) is 78.8 Å². The molecule has 0 nitrogen and oxygen atoms in total. The summed E-state index contributed by atoms with van der Waals surface area (Å²) in [5, 5.41) is 1.53. The van der Waals surface area contributed by atoms with E-state index in [1.54, 1.807) is 6.07 Å². The number of unbranched alkanes of at least 4 members (excludes halogenated alkanes) is 4. The lowest BCUT2D eigenvalue weighted by Crippen LogP contribution is -1.93. The van der Waals surface area contributed by atoms with Crippen LogP contribution in [0, 0.1) is 17.7 Å². The minimum absolute atomic E-state index is 0.246. The Kier molecular flexibility index (Phi) is 10.3. The highest BCUT2D eigenvalue weighted by Gasteiger charge is 2.06. The maximum absolute atomic E-state index is 15.1. The summed E-state index contributed by atoms with van der Waals surface area (Å²) in [5.74, 6) is 5.93. The summed E-state index contributed by atoms with van der Waals surface area (Å²) < 4.78 is 15.1. The van der Waals surface area contributed by atoms with Gasteiger partial charge in [-0.05, 0) is 84.4 Å². The van der Waals surface area contributed by atoms with Gasteiger partial charge in [-0.25, -0.2) is 4.39 Å². The van der Waals surface area contributed by atoms with Crippen LogP contribution in [0.3, 0.4) is 0 Å². The van der Waals surface area contributed by atoms with Crippen molar-refractivity contribution in [3.05, 3.63) is 131 Å². The standard InChI is InChI=1S/C37H39F/c1-3-5-7-8-9-11-29-12-14-30(15-13-29)16-17-31-18-20-32(21-19-31)22-24-34-25-26-35-28-33(10-6-4-2)23-27-36(35)37(34)38/h4,12-15,18-21,23,25-28H,2-3,5-11,16-17H2,1H3. The van der Waals surface area contributed by atoms with Gasteiger partial charge in [-0.1, -0.05) is 111 Å². The van der Waals surface area contributed by atoms with E-state index in [1.165, 1.54) is 60.8 Å². The van der Waals surface area contributed by atoms with Crippen LogP contribution in [-0.4, -0.2) is 0 Å². The molecule has 0 atom stereocenters. The lowest BCUT2D eigenvalue weighted by Gasteiger charge is -2.06. The van der Waals surface area contributed by atoms with Crippen molar-refractivity contribution in [1.29, 1.82) is 0 Å². The van der Waals surface area contributed by atoms with Crippen molar-refractivity contribution in [2.24, 2.45) is 0 Å². The summed E-state index contributed by atoms with van der Waals surface area (Å²) >= 11 is 0. The Morgan fingerprint density at radius 3 is 1.97 bits per heavy atom. The summed E-state index contributed by atoms with van der Waals surface area (Å²) in [7, 11) is 0. The molecule has 0 fully saturated rings. The van der Waals surface area contributed by atoms with E-state index in [0.717, 1.165) is 36.6 Å². The molecule has 0 aliphatic heterocycles. The van der Waals surface area contributed by atoms with Crippen LogP contribution in [0.15, 0.2) is 91.5 Å². The molecule has 0 unspecified atom stereocenters. The molecular formula is C37H39F. The molecule has 4 rings (SSSR count). The molecule has 0 heterocycles. The van der Waals surface area contributed by atoms with E-state index in [-0.39, 0.29) is 5.82 Å². The fourth-order valence-corrected chi connectivity index (χ4v) is 4.85. The average Bonchev–Trinajstić information content (AvgIpc) is 2.95. The van der Waals surface area contributed by atoms with Crippen LogP contribution in [0.2, 0.25) is 0 Å². The van der Waals surface area contributed by atoms with Crippen LogP contribution in [0.4, 0.5) is 4.39 Å². The summed E-state index contributed by atoms with van der Waals surface area (Å²) in [5.41, 5.74) is 6.65. The van der Waals surface area contributed by atoms with E-state index in [1.807, 2.05) is 36.4 Å². The van der Waals surface area contributed by atoms with Crippen LogP contribution in [-0.2, 0) is 25.7 Å². The maximum atomic E-state index is 15.1. The Morgan fingerprint density at radius 1 is 0.658 bits per heavy atom. The third-order valence-electron chi connectivity index (χ3n) is 7.25. The highest BCUT2D eigenvalue weighted by Crippen LogP contribution is 2.23. The van der Waals surface area contributed by atoms with E-state index in [9.17, 15) is 0 Å². The number of aryl methyl sites for hydroxylation is 4. The molecule has 0 aromatic heterocycles. The highest BCUT2D eigenvalue weighted by atomic mass is 19.1. The van der Waals surface area contributed by atoms with Gasteiger partial charge in [0, 0.05) is 10.9 Å². The summed E-state index contributed by atoms with van der Waals surface area (Å²) in [6.45, 7) is 6.04. The summed E-state index contributed by atoms with van der Waals surface area (Å²) in [6.07, 6.45) is 13.6. The number of halogens is 1. The summed E-state index contributed by atoms with van der Waals surface area (Å²) in [6, 6.07) is 27.2. The van der Waals surface area contributed by atoms with Gasteiger partial charge in [0.05, 0.1) is 5.56 Å². The third kappa shape index (κ3) is 7.93. The quantitative estimate of drug-likeness (QED) is 0.103. The molecule has 4 aromatic carbocycles. The smallest absolute Gasteiger partial charge is 0.146 e. The fourth-order valence-electron chi connectivity index (χ4n) is 4.85. The maximum Gasteiger partial charge on any atom is 0.146 e. The first kappa shape index (κ1) is 27.4. The van der Waals surface area contributed by atoms with Crippen molar-refractivity contribution >= 4 is 10.8 Å². The lowest BCUT2D eigenvalue weighted by atomic mass is 10.00. The Hall–Kier alpha value is -3.63. The van der Waals surface area contributed by atoms with Crippen LogP contribution in [0.5, 0.6) is 0 Å². The molecule has 0 spiro atoms. The number of hydrogen-bond acceptors (Lipinski definition) is 0. The zero-order chi connectivity index (χ0) is 26.6. The van der Waals surface area contributed by atoms with Gasteiger partial charge in [0.15, 0.2) is 0 Å². The van der Waals surface area contributed by atoms with Gasteiger partial charge in [-0.15, -0.1) is 6.58 Å². The predicted molar refractivity (Wildman–Crippen MR) is 161 cm³/mol. The second-order valence-electron chi connectivity index (χ2n) is 10.2. The van der Waals surface area contributed by atoms with Gasteiger partial charge in [0.25, 0.3) is 0 Å². The molecule has 0 radical (unpaired) electrons. The van der Waals surface area contributed by atoms with Crippen molar-refractivity contribution in [3.8, 4) is 11.8 Å². The minimum Gasteiger partial charge on any atom is -0.205 e. The van der Waals surface area contributed by atoms with Gasteiger partial charge < -0.3 is 0 Å². The number of hydrogen-bond donors (Lipinski definition) is 0. The molecule has 38 heavy (non-hydrogen) atoms. The molecule has 0 aliphatic carbocycles. The third-order valence-corrected chi connectivity index (χ3v) is 7.25. The Bertz CT molecular complexity index is 1380. The second kappa shape index (κ2) is 14.3. The van der Waals surface area contributed by atoms with Crippen molar-refractivity contribution < 1.29 is 4.39 Å². The number of allylic oxidation sites excluding steroid dienone is 1. The van der Waals surface area contributed by atoms with Gasteiger partial charge in [0.1, 0.15) is 5.82 Å². The predicted octanol–water partition coefficient (Wildman–Crippen LogP) is 9.80. The van der Waals surface area contributed by atoms with Gasteiger partial charge in [0.2, 0.25) is 0 Å². The number of benzene rings is 4. The van der Waals surface area contributed by atoms with Crippen molar-refractivity contribution in [2.45, 2.75) is 71.1 Å². The van der Waals surface area contributed by atoms with E-state index in [2.05, 4.69) is 67.8 Å². The van der Waals surface area contributed by atoms with E-state index >= 15 is 4.39 Å². The zero-order valence-electron chi connectivity index (χ0n) is 22.7. The van der Waals surface area contributed by atoms with Crippen LogP contribution < -0.4 is 0 Å². The van der Waals surface area contributed by atoms with Crippen LogP contribution in [0.25, 0.3) is 10.8 Å². The normalized spacial score (nSPS) is 10.8. The first-order chi connectivity index (χ1) is 18.7. The molecule has 0 saturated heterocycles.